The molecule has 3 aromatic rings. The number of nitrogens with one attached hydrogen (secondary N) is 2. The van der Waals surface area contributed by atoms with Gasteiger partial charge >= 0.3 is 0 Å². The maximum atomic E-state index is 10.2. The first-order valence-corrected chi connectivity index (χ1v) is 12.6. The van der Waals surface area contributed by atoms with Crippen molar-refractivity contribution in [3.05, 3.63) is 40.5 Å². The zero-order valence-electron chi connectivity index (χ0n) is 26.7. The van der Waals surface area contributed by atoms with E-state index in [0.717, 1.165) is 28.7 Å². The van der Waals surface area contributed by atoms with Crippen LogP contribution in [0.2, 0.25) is 0 Å². The minimum absolute atomic E-state index is 0. The quantitative estimate of drug-likeness (QED) is 0.202. The SMILES string of the molecule is C.CC(=O)NC(C)C#N.CC(C)=O.CC(N)C#N.Cc1nc(C)c(C)o1.Cc1nc(C)c(N)o1.Cc1nc(C)c(NN)o1. The number of aromatic nitrogens is 3. The molecular weight excluding hydrogens is 556 g/mol. The third-order valence-electron chi connectivity index (χ3n) is 3.93. The molecule has 242 valence electrons. The van der Waals surface area contributed by atoms with Gasteiger partial charge in [-0.1, -0.05) is 7.43 Å². The molecule has 43 heavy (non-hydrogen) atoms. The van der Waals surface area contributed by atoms with E-state index >= 15 is 0 Å². The molecule has 3 heterocycles. The summed E-state index contributed by atoms with van der Waals surface area (Å²) in [5.74, 6) is 8.95. The minimum Gasteiger partial charge on any atom is -0.446 e. The molecular formula is C28H50N10O5. The van der Waals surface area contributed by atoms with Gasteiger partial charge in [0, 0.05) is 27.7 Å². The number of oxazole rings is 3. The lowest BCUT2D eigenvalue weighted by Gasteiger charge is -1.99. The Hall–Kier alpha value is -4.73. The second kappa shape index (κ2) is 25.0. The molecule has 0 aliphatic rings. The average Bonchev–Trinajstić information content (AvgIpc) is 3.47. The molecule has 0 fully saturated rings. The van der Waals surface area contributed by atoms with Gasteiger partial charge in [0.25, 0.3) is 0 Å². The molecule has 3 rings (SSSR count). The van der Waals surface area contributed by atoms with Gasteiger partial charge in [-0.25, -0.2) is 20.8 Å². The smallest absolute Gasteiger partial charge is 0.230 e. The van der Waals surface area contributed by atoms with E-state index < -0.39 is 0 Å². The van der Waals surface area contributed by atoms with Crippen molar-refractivity contribution in [3.8, 4) is 12.1 Å². The molecule has 0 saturated heterocycles. The van der Waals surface area contributed by atoms with Gasteiger partial charge in [0.15, 0.2) is 17.7 Å². The number of nitrogens with two attached hydrogens (primary N) is 3. The molecule has 0 aromatic carbocycles. The van der Waals surface area contributed by atoms with Gasteiger partial charge in [0.05, 0.1) is 23.9 Å². The van der Waals surface area contributed by atoms with Crippen LogP contribution in [0.1, 0.15) is 82.6 Å². The van der Waals surface area contributed by atoms with Crippen LogP contribution in [0.25, 0.3) is 0 Å². The molecule has 0 spiro atoms. The predicted molar refractivity (Wildman–Crippen MR) is 166 cm³/mol. The summed E-state index contributed by atoms with van der Waals surface area (Å²) in [7, 11) is 0. The first kappa shape index (κ1) is 45.3. The highest BCUT2D eigenvalue weighted by Crippen LogP contribution is 2.12. The van der Waals surface area contributed by atoms with Crippen LogP contribution < -0.4 is 28.1 Å². The number of hydrogen-bond donors (Lipinski definition) is 5. The Kier molecular flexibility index (Phi) is 26.3. The number of carbonyl (C=O) groups excluding carboxylic acids is 2. The monoisotopic (exact) mass is 606 g/mol. The van der Waals surface area contributed by atoms with Crippen LogP contribution in [0, 0.1) is 71.1 Å². The minimum atomic E-state index is -0.368. The van der Waals surface area contributed by atoms with Crippen LogP contribution in [-0.4, -0.2) is 38.7 Å². The van der Waals surface area contributed by atoms with Gasteiger partial charge in [-0.2, -0.15) is 10.5 Å². The van der Waals surface area contributed by atoms with Crippen molar-refractivity contribution in [1.82, 2.24) is 20.3 Å². The molecule has 15 nitrogen and oxygen atoms in total. The lowest BCUT2D eigenvalue weighted by Crippen LogP contribution is -2.28. The van der Waals surface area contributed by atoms with Crippen molar-refractivity contribution >= 4 is 23.5 Å². The number of nitrogen functional groups attached to an aromatic ring is 2. The molecule has 0 aliphatic carbocycles. The maximum absolute atomic E-state index is 10.2. The van der Waals surface area contributed by atoms with E-state index in [4.69, 9.17) is 41.1 Å². The average molecular weight is 607 g/mol. The van der Waals surface area contributed by atoms with E-state index in [-0.39, 0.29) is 31.2 Å². The van der Waals surface area contributed by atoms with Crippen molar-refractivity contribution < 1.29 is 22.8 Å². The summed E-state index contributed by atoms with van der Waals surface area (Å²) in [6, 6.07) is 2.99. The first-order valence-electron chi connectivity index (χ1n) is 12.6. The van der Waals surface area contributed by atoms with Crippen molar-refractivity contribution in [2.75, 3.05) is 11.2 Å². The number of Topliss-reactive ketones (excluding diaryl/α,β-unsaturated/α-hetero) is 1. The molecule has 0 aliphatic heterocycles. The molecule has 1 amide bonds. The van der Waals surface area contributed by atoms with Gasteiger partial charge < -0.3 is 34.8 Å². The fourth-order valence-corrected chi connectivity index (χ4v) is 2.18. The number of nitrogens with zero attached hydrogens (tertiary/aromatic N) is 5. The van der Waals surface area contributed by atoms with E-state index in [1.54, 1.807) is 33.8 Å². The number of nitriles is 2. The van der Waals surface area contributed by atoms with Gasteiger partial charge in [0.1, 0.15) is 29.0 Å². The first-order chi connectivity index (χ1) is 19.3. The van der Waals surface area contributed by atoms with Crippen molar-refractivity contribution in [3.63, 3.8) is 0 Å². The number of rotatable bonds is 2. The summed E-state index contributed by atoms with van der Waals surface area (Å²) in [6.07, 6.45) is 0. The molecule has 2 atom stereocenters. The predicted octanol–water partition coefficient (Wildman–Crippen LogP) is 4.17. The van der Waals surface area contributed by atoms with E-state index in [2.05, 4.69) is 25.7 Å². The van der Waals surface area contributed by atoms with Crippen molar-refractivity contribution in [1.29, 1.82) is 10.5 Å². The molecule has 0 bridgehead atoms. The van der Waals surface area contributed by atoms with E-state index in [9.17, 15) is 9.59 Å². The lowest BCUT2D eigenvalue weighted by atomic mass is 10.4. The second-order valence-corrected chi connectivity index (χ2v) is 8.73. The highest BCUT2D eigenvalue weighted by molar-refractivity contribution is 5.73. The number of hydrazine groups is 1. The highest BCUT2D eigenvalue weighted by Gasteiger charge is 2.02. The summed E-state index contributed by atoms with van der Waals surface area (Å²) in [5, 5.41) is 18.3. The van der Waals surface area contributed by atoms with Crippen LogP contribution in [0.15, 0.2) is 13.3 Å². The normalized spacial score (nSPS) is 9.95. The zero-order chi connectivity index (χ0) is 33.6. The number of amides is 1. The molecule has 15 heteroatoms. The van der Waals surface area contributed by atoms with Crippen molar-refractivity contribution in [2.24, 2.45) is 11.6 Å². The topological polar surface area (TPSA) is 262 Å². The van der Waals surface area contributed by atoms with Crippen LogP contribution in [0.5, 0.6) is 0 Å². The molecule has 0 saturated carbocycles. The fourth-order valence-electron chi connectivity index (χ4n) is 2.18. The molecule has 3 aromatic heterocycles. The Balaban J connectivity index is -0.000000215. The Morgan fingerprint density at radius 3 is 1.30 bits per heavy atom. The largest absolute Gasteiger partial charge is 0.446 e. The summed E-state index contributed by atoms with van der Waals surface area (Å²) < 4.78 is 15.0. The van der Waals surface area contributed by atoms with Crippen LogP contribution in [0.3, 0.4) is 0 Å². The number of carbonyl (C=O) groups is 2. The van der Waals surface area contributed by atoms with Gasteiger partial charge in [-0.3, -0.25) is 10.2 Å². The number of anilines is 2. The van der Waals surface area contributed by atoms with Crippen molar-refractivity contribution in [2.45, 2.75) is 103 Å². The van der Waals surface area contributed by atoms with Gasteiger partial charge in [0.2, 0.25) is 17.7 Å². The second-order valence-electron chi connectivity index (χ2n) is 8.73. The van der Waals surface area contributed by atoms with Crippen LogP contribution >= 0.6 is 0 Å². The number of hydrogen-bond acceptors (Lipinski definition) is 14. The number of aryl methyl sites for hydroxylation is 7. The fraction of sp³-hybridized carbons (Fsp3) is 0.536. The van der Waals surface area contributed by atoms with Gasteiger partial charge in [-0.15, -0.1) is 0 Å². The Morgan fingerprint density at radius 2 is 1.19 bits per heavy atom. The summed E-state index contributed by atoms with van der Waals surface area (Å²) in [4.78, 5) is 31.5. The lowest BCUT2D eigenvalue weighted by molar-refractivity contribution is -0.119. The van der Waals surface area contributed by atoms with E-state index in [0.29, 0.717) is 23.5 Å². The third-order valence-corrected chi connectivity index (χ3v) is 3.93. The van der Waals surface area contributed by atoms with Gasteiger partial charge in [-0.05, 0) is 55.4 Å². The molecule has 8 N–H and O–H groups in total. The molecule has 2 unspecified atom stereocenters. The zero-order valence-corrected chi connectivity index (χ0v) is 26.7. The standard InChI is InChI=1S/C6H9NO.C5H9N3O.2C5H8N2O.C3H6N2.C3H6O.CH4/c1-4-5(2)8-6(3)7-4;1-3-5(8-6)9-4(2)7-3;1-3-5(6)8-4(2)7-3;1-4(3-6)7-5(2)8;1-3(5)2-4;1-3(2)4;/h1-3H3;8H,6H2,1-2H3;6H2,1-2H3;4H,1-2H3,(H,7,8);3H,5H2,1H3;1-2H3;1H4. The maximum Gasteiger partial charge on any atom is 0.230 e. The van der Waals surface area contributed by atoms with E-state index in [1.807, 2.05) is 40.7 Å². The van der Waals surface area contributed by atoms with Crippen LogP contribution in [0.4, 0.5) is 11.8 Å². The number of ketones is 1. The summed E-state index contributed by atoms with van der Waals surface area (Å²) in [6.45, 7) is 20.6. The summed E-state index contributed by atoms with van der Waals surface area (Å²) in [5.41, 5.74) is 15.2. The third kappa shape index (κ3) is 27.2. The Morgan fingerprint density at radius 1 is 0.791 bits per heavy atom. The molecule has 0 radical (unpaired) electrons. The van der Waals surface area contributed by atoms with E-state index in [1.165, 1.54) is 20.8 Å². The van der Waals surface area contributed by atoms with Crippen LogP contribution in [-0.2, 0) is 9.59 Å². The highest BCUT2D eigenvalue weighted by atomic mass is 16.4. The Bertz CT molecular complexity index is 1190. The Labute approximate surface area is 255 Å². The summed E-state index contributed by atoms with van der Waals surface area (Å²) >= 11 is 0.